The van der Waals surface area contributed by atoms with E-state index in [1.165, 1.54) is 44.5 Å². The minimum absolute atomic E-state index is 0.317. The van der Waals surface area contributed by atoms with Crippen LogP contribution in [0.2, 0.25) is 0 Å². The highest BCUT2D eigenvalue weighted by atomic mass is 19.1. The average molecular weight is 746 g/mol. The van der Waals surface area contributed by atoms with E-state index in [4.69, 9.17) is 0 Å². The molecule has 0 fully saturated rings. The molecular weight excluding hydrogens is 713 g/mol. The largest absolute Gasteiger partial charge is 0.309 e. The van der Waals surface area contributed by atoms with E-state index in [0.29, 0.717) is 0 Å². The van der Waals surface area contributed by atoms with Crippen LogP contribution in [0.15, 0.2) is 200 Å². The van der Waals surface area contributed by atoms with Crippen LogP contribution in [0.25, 0.3) is 65.7 Å². The summed E-state index contributed by atoms with van der Waals surface area (Å²) in [6.45, 7) is 0. The highest BCUT2D eigenvalue weighted by Crippen LogP contribution is 2.65. The van der Waals surface area contributed by atoms with Crippen molar-refractivity contribution in [2.45, 2.75) is 5.41 Å². The molecule has 12 rings (SSSR count). The first-order chi connectivity index (χ1) is 28.6. The summed E-state index contributed by atoms with van der Waals surface area (Å²) in [7, 11) is 0. The second-order valence-electron chi connectivity index (χ2n) is 15.4. The topological polar surface area (TPSA) is 3.24 Å². The zero-order chi connectivity index (χ0) is 38.5. The van der Waals surface area contributed by atoms with Crippen LogP contribution < -0.4 is 4.90 Å². The van der Waals surface area contributed by atoms with Crippen LogP contribution >= 0.6 is 0 Å². The molecular formula is C55H33F2N. The van der Waals surface area contributed by atoms with E-state index in [-0.39, 0.29) is 11.6 Å². The molecule has 0 bridgehead atoms. The lowest BCUT2D eigenvalue weighted by Crippen LogP contribution is -2.26. The molecule has 2 aliphatic carbocycles. The summed E-state index contributed by atoms with van der Waals surface area (Å²) in [6, 6.07) is 68.3. The van der Waals surface area contributed by atoms with E-state index < -0.39 is 5.41 Å². The lowest BCUT2D eigenvalue weighted by Gasteiger charge is -2.32. The van der Waals surface area contributed by atoms with Gasteiger partial charge in [0.15, 0.2) is 0 Å². The molecule has 0 aliphatic heterocycles. The van der Waals surface area contributed by atoms with Gasteiger partial charge in [0.05, 0.1) is 16.8 Å². The normalized spacial score (nSPS) is 13.1. The molecule has 10 aromatic rings. The molecule has 0 amide bonds. The second kappa shape index (κ2) is 12.3. The molecule has 0 aromatic heterocycles. The number of anilines is 3. The summed E-state index contributed by atoms with van der Waals surface area (Å²) in [5, 5.41) is 7.22. The van der Waals surface area contributed by atoms with Gasteiger partial charge in [-0.3, -0.25) is 0 Å². The molecule has 2 aliphatic rings. The predicted octanol–water partition coefficient (Wildman–Crippen LogP) is 14.9. The van der Waals surface area contributed by atoms with Gasteiger partial charge >= 0.3 is 0 Å². The zero-order valence-electron chi connectivity index (χ0n) is 31.3. The number of benzene rings is 10. The van der Waals surface area contributed by atoms with Gasteiger partial charge in [0.2, 0.25) is 0 Å². The third-order valence-corrected chi connectivity index (χ3v) is 12.6. The maximum absolute atomic E-state index is 15.6. The molecule has 0 atom stereocenters. The van der Waals surface area contributed by atoms with Crippen LogP contribution in [-0.4, -0.2) is 0 Å². The van der Waals surface area contributed by atoms with Gasteiger partial charge in [-0.25, -0.2) is 8.78 Å². The van der Waals surface area contributed by atoms with Crippen LogP contribution in [0.5, 0.6) is 0 Å². The monoisotopic (exact) mass is 745 g/mol. The summed E-state index contributed by atoms with van der Waals surface area (Å²) in [5.74, 6) is -0.634. The van der Waals surface area contributed by atoms with Crippen molar-refractivity contribution in [1.29, 1.82) is 0 Å². The minimum atomic E-state index is -0.931. The first-order valence-electron chi connectivity index (χ1n) is 19.7. The van der Waals surface area contributed by atoms with E-state index in [2.05, 4.69) is 157 Å². The van der Waals surface area contributed by atoms with Crippen LogP contribution in [0.1, 0.15) is 22.3 Å². The number of nitrogens with zero attached hydrogens (tertiary/aromatic N) is 1. The smallest absolute Gasteiger partial charge is 0.123 e. The van der Waals surface area contributed by atoms with Crippen LogP contribution in [0.3, 0.4) is 0 Å². The van der Waals surface area contributed by atoms with Gasteiger partial charge in [0.1, 0.15) is 11.6 Å². The van der Waals surface area contributed by atoms with Crippen LogP contribution in [-0.2, 0) is 5.41 Å². The van der Waals surface area contributed by atoms with Crippen molar-refractivity contribution in [2.75, 3.05) is 4.90 Å². The molecule has 0 unspecified atom stereocenters. The van der Waals surface area contributed by atoms with Gasteiger partial charge in [-0.05, 0) is 125 Å². The first kappa shape index (κ1) is 32.8. The highest BCUT2D eigenvalue weighted by Gasteiger charge is 2.53. The Balaban J connectivity index is 1.21. The molecule has 10 aromatic carbocycles. The maximum Gasteiger partial charge on any atom is 0.123 e. The van der Waals surface area contributed by atoms with Gasteiger partial charge < -0.3 is 4.90 Å². The average Bonchev–Trinajstić information content (AvgIpc) is 3.74. The lowest BCUT2D eigenvalue weighted by molar-refractivity contribution is 0.618. The fourth-order valence-corrected chi connectivity index (χ4v) is 10.3. The molecule has 0 N–H and O–H groups in total. The minimum Gasteiger partial charge on any atom is -0.309 e. The van der Waals surface area contributed by atoms with Gasteiger partial charge in [-0.1, -0.05) is 152 Å². The van der Waals surface area contributed by atoms with Gasteiger partial charge in [-0.15, -0.1) is 0 Å². The van der Waals surface area contributed by atoms with Crippen molar-refractivity contribution in [3.63, 3.8) is 0 Å². The number of para-hydroxylation sites is 1. The molecule has 1 nitrogen and oxygen atoms in total. The number of halogens is 2. The molecule has 0 heterocycles. The fraction of sp³-hybridized carbons (Fsp3) is 0.0182. The zero-order valence-corrected chi connectivity index (χ0v) is 31.3. The molecule has 0 saturated heterocycles. The highest BCUT2D eigenvalue weighted by molar-refractivity contribution is 6.26. The molecule has 0 radical (unpaired) electrons. The summed E-state index contributed by atoms with van der Waals surface area (Å²) < 4.78 is 31.1. The summed E-state index contributed by atoms with van der Waals surface area (Å²) in [6.07, 6.45) is 0. The Morgan fingerprint density at radius 2 is 0.845 bits per heavy atom. The maximum atomic E-state index is 15.6. The van der Waals surface area contributed by atoms with Crippen LogP contribution in [0, 0.1) is 11.6 Å². The molecule has 1 spiro atoms. The van der Waals surface area contributed by atoms with Gasteiger partial charge in [0.25, 0.3) is 0 Å². The van der Waals surface area contributed by atoms with Gasteiger partial charge in [-0.2, -0.15) is 0 Å². The van der Waals surface area contributed by atoms with E-state index in [9.17, 15) is 0 Å². The standard InChI is InChI=1S/C55H33F2N/c56-35-25-28-44-45-29-26-36(57)32-51(45)55(50(44)31-35)48-21-10-8-20-46(48)54-49(55)22-12-24-53(54)58(52-23-11-9-15-38(52)34-13-2-1-3-14-34)37-27-30-43-41-18-5-4-16-39(41)40-17-6-7-19-42(40)47(43)33-37/h1-33H. The number of rotatable bonds is 4. The Hall–Kier alpha value is -7.36. The summed E-state index contributed by atoms with van der Waals surface area (Å²) >= 11 is 0. The van der Waals surface area contributed by atoms with E-state index in [0.717, 1.165) is 72.7 Å². The van der Waals surface area contributed by atoms with Crippen molar-refractivity contribution in [2.24, 2.45) is 0 Å². The lowest BCUT2D eigenvalue weighted by atomic mass is 9.70. The molecule has 58 heavy (non-hydrogen) atoms. The van der Waals surface area contributed by atoms with Crippen molar-refractivity contribution in [1.82, 2.24) is 0 Å². The van der Waals surface area contributed by atoms with Crippen molar-refractivity contribution >= 4 is 49.4 Å². The fourth-order valence-electron chi connectivity index (χ4n) is 10.3. The number of hydrogen-bond acceptors (Lipinski definition) is 1. The Kier molecular flexibility index (Phi) is 6.98. The van der Waals surface area contributed by atoms with E-state index in [1.807, 2.05) is 24.3 Å². The Morgan fingerprint density at radius 3 is 1.52 bits per heavy atom. The van der Waals surface area contributed by atoms with E-state index in [1.54, 1.807) is 12.1 Å². The molecule has 0 saturated carbocycles. The molecule has 3 heteroatoms. The Bertz CT molecular complexity index is 3240. The summed E-state index contributed by atoms with van der Waals surface area (Å²) in [4.78, 5) is 2.40. The van der Waals surface area contributed by atoms with E-state index >= 15 is 8.78 Å². The predicted molar refractivity (Wildman–Crippen MR) is 235 cm³/mol. The number of hydrogen-bond donors (Lipinski definition) is 0. The Morgan fingerprint density at radius 1 is 0.328 bits per heavy atom. The quantitative estimate of drug-likeness (QED) is 0.162. The van der Waals surface area contributed by atoms with Crippen LogP contribution in [0.4, 0.5) is 25.8 Å². The summed E-state index contributed by atoms with van der Waals surface area (Å²) in [5.41, 5.74) is 11.9. The number of fused-ring (bicyclic) bond motifs is 16. The third kappa shape index (κ3) is 4.44. The second-order valence-corrected chi connectivity index (χ2v) is 15.4. The van der Waals surface area contributed by atoms with Crippen molar-refractivity contribution < 1.29 is 8.78 Å². The van der Waals surface area contributed by atoms with Crippen molar-refractivity contribution in [3.8, 4) is 33.4 Å². The molecule has 272 valence electrons. The third-order valence-electron chi connectivity index (χ3n) is 12.6. The Labute approximate surface area is 334 Å². The van der Waals surface area contributed by atoms with Gasteiger partial charge in [0, 0.05) is 16.8 Å². The SMILES string of the molecule is Fc1ccc2c(c1)C1(c3cc(F)ccc3-2)c2ccccc2-c2c(N(c3ccc4c5ccccc5c5ccccc5c4c3)c3ccccc3-c3ccccc3)cccc21. The van der Waals surface area contributed by atoms with Crippen molar-refractivity contribution in [3.05, 3.63) is 234 Å². The first-order valence-corrected chi connectivity index (χ1v) is 19.7.